The first-order valence-electron chi connectivity index (χ1n) is 10.5. The van der Waals surface area contributed by atoms with Crippen LogP contribution in [0, 0.1) is 11.8 Å². The lowest BCUT2D eigenvalue weighted by Crippen LogP contribution is -2.41. The molecule has 0 radical (unpaired) electrons. The SMILES string of the molecule is C[C@@](O)(C#Cc1ccc2[nH]c(C(=O)N3CCOCC3)c(-c3ccncn3)c2c1)c1nccs1. The molecule has 8 nitrogen and oxygen atoms in total. The number of morpholine rings is 1. The highest BCUT2D eigenvalue weighted by atomic mass is 32.1. The Morgan fingerprint density at radius 3 is 2.82 bits per heavy atom. The van der Waals surface area contributed by atoms with Gasteiger partial charge in [-0.15, -0.1) is 11.3 Å². The fourth-order valence-corrected chi connectivity index (χ4v) is 4.42. The number of ether oxygens (including phenoxy) is 1. The summed E-state index contributed by atoms with van der Waals surface area (Å²) in [4.78, 5) is 31.0. The van der Waals surface area contributed by atoms with Crippen LogP contribution >= 0.6 is 11.3 Å². The average molecular weight is 460 g/mol. The third-order valence-corrected chi connectivity index (χ3v) is 6.43. The van der Waals surface area contributed by atoms with Gasteiger partial charge in [-0.05, 0) is 31.2 Å². The molecule has 0 saturated carbocycles. The maximum atomic E-state index is 13.4. The van der Waals surface area contributed by atoms with Crippen molar-refractivity contribution in [1.29, 1.82) is 0 Å². The minimum absolute atomic E-state index is 0.0950. The number of carbonyl (C=O) groups excluding carboxylic acids is 1. The van der Waals surface area contributed by atoms with E-state index in [0.717, 1.165) is 10.9 Å². The van der Waals surface area contributed by atoms with Crippen LogP contribution in [0.2, 0.25) is 0 Å². The predicted octanol–water partition coefficient (Wildman–Crippen LogP) is 2.81. The van der Waals surface area contributed by atoms with E-state index in [1.54, 1.807) is 35.7 Å². The van der Waals surface area contributed by atoms with Gasteiger partial charge in [-0.25, -0.2) is 15.0 Å². The number of aliphatic hydroxyl groups is 1. The summed E-state index contributed by atoms with van der Waals surface area (Å²) in [6.07, 6.45) is 4.76. The third kappa shape index (κ3) is 4.24. The van der Waals surface area contributed by atoms with Crippen LogP contribution in [0.1, 0.15) is 28.0 Å². The van der Waals surface area contributed by atoms with Gasteiger partial charge in [-0.1, -0.05) is 11.8 Å². The minimum Gasteiger partial charge on any atom is -0.378 e. The Morgan fingerprint density at radius 1 is 1.24 bits per heavy atom. The second-order valence-electron chi connectivity index (χ2n) is 7.79. The minimum atomic E-state index is -1.35. The predicted molar refractivity (Wildman–Crippen MR) is 125 cm³/mol. The van der Waals surface area contributed by atoms with Crippen molar-refractivity contribution in [2.75, 3.05) is 26.3 Å². The summed E-state index contributed by atoms with van der Waals surface area (Å²) in [5.74, 6) is 5.87. The van der Waals surface area contributed by atoms with Gasteiger partial charge in [0, 0.05) is 52.9 Å². The Morgan fingerprint density at radius 2 is 2.09 bits per heavy atom. The number of H-pyrrole nitrogens is 1. The van der Waals surface area contributed by atoms with Crippen LogP contribution in [-0.2, 0) is 10.3 Å². The van der Waals surface area contributed by atoms with Crippen molar-refractivity contribution in [3.05, 3.63) is 64.6 Å². The summed E-state index contributed by atoms with van der Waals surface area (Å²) in [5.41, 5.74) is 1.99. The first kappa shape index (κ1) is 21.3. The lowest BCUT2D eigenvalue weighted by atomic mass is 10.0. The van der Waals surface area contributed by atoms with Crippen molar-refractivity contribution < 1.29 is 14.6 Å². The summed E-state index contributed by atoms with van der Waals surface area (Å²) >= 11 is 1.35. The highest BCUT2D eigenvalue weighted by molar-refractivity contribution is 7.09. The van der Waals surface area contributed by atoms with E-state index in [0.29, 0.717) is 53.8 Å². The van der Waals surface area contributed by atoms with Crippen LogP contribution in [0.5, 0.6) is 0 Å². The van der Waals surface area contributed by atoms with E-state index in [-0.39, 0.29) is 5.91 Å². The number of benzene rings is 1. The van der Waals surface area contributed by atoms with Gasteiger partial charge in [0.2, 0.25) is 0 Å². The number of hydrogen-bond acceptors (Lipinski definition) is 7. The van der Waals surface area contributed by atoms with Gasteiger partial charge in [0.05, 0.1) is 18.9 Å². The Balaban J connectivity index is 1.60. The molecule has 1 atom stereocenters. The Hall–Kier alpha value is -3.58. The molecule has 1 aliphatic rings. The average Bonchev–Trinajstić information content (AvgIpc) is 3.52. The molecule has 1 amide bonds. The lowest BCUT2D eigenvalue weighted by Gasteiger charge is -2.26. The Bertz CT molecular complexity index is 1350. The normalized spacial score (nSPS) is 15.6. The van der Waals surface area contributed by atoms with Gasteiger partial charge in [-0.3, -0.25) is 4.79 Å². The molecule has 1 fully saturated rings. The van der Waals surface area contributed by atoms with Crippen LogP contribution in [0.4, 0.5) is 0 Å². The van der Waals surface area contributed by atoms with E-state index < -0.39 is 5.60 Å². The third-order valence-electron chi connectivity index (χ3n) is 5.45. The molecular weight excluding hydrogens is 438 g/mol. The number of aromatic nitrogens is 4. The molecule has 1 aromatic carbocycles. The molecule has 5 rings (SSSR count). The number of thiazole rings is 1. The van der Waals surface area contributed by atoms with Crippen molar-refractivity contribution in [1.82, 2.24) is 24.8 Å². The van der Waals surface area contributed by atoms with E-state index in [1.807, 2.05) is 18.2 Å². The first-order valence-corrected chi connectivity index (χ1v) is 11.4. The zero-order valence-electron chi connectivity index (χ0n) is 17.9. The van der Waals surface area contributed by atoms with E-state index >= 15 is 0 Å². The molecule has 1 aliphatic heterocycles. The number of hydrogen-bond donors (Lipinski definition) is 2. The van der Waals surface area contributed by atoms with Crippen molar-refractivity contribution in [2.45, 2.75) is 12.5 Å². The number of carbonyl (C=O) groups is 1. The molecule has 2 N–H and O–H groups in total. The van der Waals surface area contributed by atoms with Gasteiger partial charge < -0.3 is 19.7 Å². The topological polar surface area (TPSA) is 104 Å². The van der Waals surface area contributed by atoms with Gasteiger partial charge in [0.15, 0.2) is 5.60 Å². The highest BCUT2D eigenvalue weighted by Crippen LogP contribution is 2.33. The Labute approximate surface area is 194 Å². The largest absolute Gasteiger partial charge is 0.378 e. The molecule has 4 aromatic rings. The standard InChI is InChI=1S/C24H21N5O3S/c1-24(31,23-26-8-13-33-23)6-4-16-2-3-18-17(14-16)20(19-5-7-25-15-27-19)21(28-18)22(30)29-9-11-32-12-10-29/h2-3,5,7-8,13-15,28,31H,9-12H2,1H3/t24-/m1/s1. The fourth-order valence-electron chi connectivity index (χ4n) is 3.77. The molecule has 9 heteroatoms. The quantitative estimate of drug-likeness (QED) is 0.457. The monoisotopic (exact) mass is 459 g/mol. The van der Waals surface area contributed by atoms with Crippen LogP contribution in [-0.4, -0.2) is 62.2 Å². The van der Waals surface area contributed by atoms with Crippen LogP contribution in [0.15, 0.2) is 48.4 Å². The van der Waals surface area contributed by atoms with Crippen LogP contribution in [0.3, 0.4) is 0 Å². The molecule has 3 aromatic heterocycles. The smallest absolute Gasteiger partial charge is 0.271 e. The van der Waals surface area contributed by atoms with Gasteiger partial charge in [0.1, 0.15) is 17.0 Å². The number of amides is 1. The molecule has 33 heavy (non-hydrogen) atoms. The number of fused-ring (bicyclic) bond motifs is 1. The second kappa shape index (κ2) is 8.75. The van der Waals surface area contributed by atoms with Gasteiger partial charge in [0.25, 0.3) is 5.91 Å². The molecular formula is C24H21N5O3S. The molecule has 0 spiro atoms. The zero-order valence-corrected chi connectivity index (χ0v) is 18.7. The molecule has 166 valence electrons. The lowest BCUT2D eigenvalue weighted by molar-refractivity contribution is 0.0300. The number of nitrogens with one attached hydrogen (secondary N) is 1. The summed E-state index contributed by atoms with van der Waals surface area (Å²) in [7, 11) is 0. The summed E-state index contributed by atoms with van der Waals surface area (Å²) in [6, 6.07) is 7.43. The van der Waals surface area contributed by atoms with E-state index in [1.165, 1.54) is 17.7 Å². The molecule has 0 aliphatic carbocycles. The maximum absolute atomic E-state index is 13.4. The van der Waals surface area contributed by atoms with Crippen molar-refractivity contribution in [3.63, 3.8) is 0 Å². The van der Waals surface area contributed by atoms with Crippen LogP contribution in [0.25, 0.3) is 22.2 Å². The van der Waals surface area contributed by atoms with Crippen molar-refractivity contribution in [2.24, 2.45) is 0 Å². The highest BCUT2D eigenvalue weighted by Gasteiger charge is 2.26. The van der Waals surface area contributed by atoms with Crippen molar-refractivity contribution in [3.8, 4) is 23.1 Å². The number of aromatic amines is 1. The molecule has 0 bridgehead atoms. The summed E-state index contributed by atoms with van der Waals surface area (Å²) in [6.45, 7) is 3.75. The first-order chi connectivity index (χ1) is 16.0. The van der Waals surface area contributed by atoms with Gasteiger partial charge >= 0.3 is 0 Å². The van der Waals surface area contributed by atoms with E-state index in [2.05, 4.69) is 31.8 Å². The van der Waals surface area contributed by atoms with E-state index in [4.69, 9.17) is 4.74 Å². The van der Waals surface area contributed by atoms with Gasteiger partial charge in [-0.2, -0.15) is 0 Å². The fraction of sp³-hybridized carbons (Fsp3) is 0.250. The summed E-state index contributed by atoms with van der Waals surface area (Å²) in [5, 5.41) is 13.9. The molecule has 0 unspecified atom stereocenters. The molecule has 1 saturated heterocycles. The molecule has 4 heterocycles. The summed E-state index contributed by atoms with van der Waals surface area (Å²) < 4.78 is 5.39. The number of rotatable bonds is 3. The van der Waals surface area contributed by atoms with Crippen LogP contribution < -0.4 is 0 Å². The number of nitrogens with zero attached hydrogens (tertiary/aromatic N) is 4. The zero-order chi connectivity index (χ0) is 22.8. The van der Waals surface area contributed by atoms with Crippen molar-refractivity contribution >= 4 is 28.1 Å². The van der Waals surface area contributed by atoms with E-state index in [9.17, 15) is 9.90 Å². The Kier molecular flexibility index (Phi) is 5.64. The second-order valence-corrected chi connectivity index (χ2v) is 8.69. The maximum Gasteiger partial charge on any atom is 0.271 e.